The molecule has 0 unspecified atom stereocenters. The van der Waals surface area contributed by atoms with Gasteiger partial charge in [-0.1, -0.05) is 23.9 Å². The fourth-order valence-electron chi connectivity index (χ4n) is 1.79. The maximum atomic E-state index is 12.1. The van der Waals surface area contributed by atoms with Crippen molar-refractivity contribution in [2.45, 2.75) is 25.0 Å². The summed E-state index contributed by atoms with van der Waals surface area (Å²) >= 11 is 1.22. The van der Waals surface area contributed by atoms with Gasteiger partial charge in [0.25, 0.3) is 0 Å². The van der Waals surface area contributed by atoms with Crippen molar-refractivity contribution in [2.24, 2.45) is 0 Å². The SMILES string of the molecule is CC(C)n1c(SCC(=O)c2ccc(C#N)cc2)n[nH]c1=O. The number of ketones is 1. The predicted molar refractivity (Wildman–Crippen MR) is 79.4 cm³/mol. The van der Waals surface area contributed by atoms with E-state index in [-0.39, 0.29) is 23.3 Å². The number of aromatic amines is 1. The molecule has 1 N–H and O–H groups in total. The Morgan fingerprint density at radius 1 is 1.43 bits per heavy atom. The highest BCUT2D eigenvalue weighted by Gasteiger charge is 2.14. The molecule has 0 spiro atoms. The number of hydrogen-bond acceptors (Lipinski definition) is 5. The average molecular weight is 302 g/mol. The van der Waals surface area contributed by atoms with E-state index in [0.717, 1.165) is 0 Å². The lowest BCUT2D eigenvalue weighted by molar-refractivity contribution is 0.102. The number of benzene rings is 1. The van der Waals surface area contributed by atoms with Gasteiger partial charge in [0.05, 0.1) is 17.4 Å². The molecule has 0 aliphatic heterocycles. The van der Waals surface area contributed by atoms with E-state index in [0.29, 0.717) is 16.3 Å². The van der Waals surface area contributed by atoms with Crippen LogP contribution in [-0.4, -0.2) is 26.3 Å². The van der Waals surface area contributed by atoms with Crippen LogP contribution in [0.1, 0.15) is 35.8 Å². The monoisotopic (exact) mass is 302 g/mol. The van der Waals surface area contributed by atoms with Gasteiger partial charge in [-0.25, -0.2) is 9.89 Å². The first-order valence-corrected chi connectivity index (χ1v) is 7.34. The van der Waals surface area contributed by atoms with Crippen molar-refractivity contribution in [3.05, 3.63) is 45.9 Å². The fraction of sp³-hybridized carbons (Fsp3) is 0.286. The molecule has 6 nitrogen and oxygen atoms in total. The Balaban J connectivity index is 2.07. The second-order valence-corrected chi connectivity index (χ2v) is 5.62. The van der Waals surface area contributed by atoms with Crippen LogP contribution in [0.5, 0.6) is 0 Å². The number of rotatable bonds is 5. The zero-order valence-corrected chi connectivity index (χ0v) is 12.5. The van der Waals surface area contributed by atoms with Gasteiger partial charge in [0.2, 0.25) is 0 Å². The maximum absolute atomic E-state index is 12.1. The summed E-state index contributed by atoms with van der Waals surface area (Å²) in [7, 11) is 0. The van der Waals surface area contributed by atoms with Gasteiger partial charge in [-0.15, -0.1) is 5.10 Å². The molecular formula is C14H14N4O2S. The number of nitrogens with one attached hydrogen (secondary N) is 1. The second kappa shape index (κ2) is 6.41. The molecule has 0 amide bonds. The number of carbonyl (C=O) groups excluding carboxylic acids is 1. The third kappa shape index (κ3) is 3.41. The molecule has 1 aromatic carbocycles. The first-order valence-electron chi connectivity index (χ1n) is 6.36. The average Bonchev–Trinajstić information content (AvgIpc) is 2.86. The van der Waals surface area contributed by atoms with Gasteiger partial charge < -0.3 is 0 Å². The van der Waals surface area contributed by atoms with Crippen LogP contribution in [0.3, 0.4) is 0 Å². The van der Waals surface area contributed by atoms with Gasteiger partial charge in [0, 0.05) is 11.6 Å². The van der Waals surface area contributed by atoms with Gasteiger partial charge in [0.15, 0.2) is 10.9 Å². The molecule has 0 bridgehead atoms. The summed E-state index contributed by atoms with van der Waals surface area (Å²) in [6, 6.07) is 8.45. The Labute approximate surface area is 125 Å². The van der Waals surface area contributed by atoms with E-state index < -0.39 is 0 Å². The summed E-state index contributed by atoms with van der Waals surface area (Å²) in [5.41, 5.74) is 0.772. The van der Waals surface area contributed by atoms with Crippen molar-refractivity contribution in [1.29, 1.82) is 5.26 Å². The molecule has 0 atom stereocenters. The van der Waals surface area contributed by atoms with Gasteiger partial charge in [-0.2, -0.15) is 5.26 Å². The molecule has 7 heteroatoms. The number of aromatic nitrogens is 3. The molecule has 108 valence electrons. The molecule has 2 aromatic rings. The van der Waals surface area contributed by atoms with Crippen molar-refractivity contribution in [3.8, 4) is 6.07 Å². The van der Waals surface area contributed by atoms with Crippen LogP contribution >= 0.6 is 11.8 Å². The molecule has 0 fully saturated rings. The minimum absolute atomic E-state index is 0.0243. The van der Waals surface area contributed by atoms with Crippen LogP contribution in [0.25, 0.3) is 0 Å². The highest BCUT2D eigenvalue weighted by Crippen LogP contribution is 2.18. The highest BCUT2D eigenvalue weighted by molar-refractivity contribution is 7.99. The second-order valence-electron chi connectivity index (χ2n) is 4.68. The molecule has 21 heavy (non-hydrogen) atoms. The van der Waals surface area contributed by atoms with E-state index in [9.17, 15) is 9.59 Å². The number of thioether (sulfide) groups is 1. The quantitative estimate of drug-likeness (QED) is 0.673. The van der Waals surface area contributed by atoms with Crippen LogP contribution in [0.2, 0.25) is 0 Å². The van der Waals surface area contributed by atoms with E-state index in [1.807, 2.05) is 19.9 Å². The maximum Gasteiger partial charge on any atom is 0.344 e. The Hall–Kier alpha value is -2.33. The van der Waals surface area contributed by atoms with Crippen LogP contribution in [-0.2, 0) is 0 Å². The van der Waals surface area contributed by atoms with E-state index >= 15 is 0 Å². The van der Waals surface area contributed by atoms with Gasteiger partial charge in [-0.05, 0) is 26.0 Å². The molecule has 0 aliphatic carbocycles. The summed E-state index contributed by atoms with van der Waals surface area (Å²) in [5.74, 6) is 0.110. The molecule has 0 saturated heterocycles. The molecule has 0 aliphatic rings. The molecule has 1 aromatic heterocycles. The highest BCUT2D eigenvalue weighted by atomic mass is 32.2. The summed E-state index contributed by atoms with van der Waals surface area (Å²) < 4.78 is 1.51. The smallest absolute Gasteiger partial charge is 0.293 e. The number of hydrogen-bond donors (Lipinski definition) is 1. The van der Waals surface area contributed by atoms with E-state index in [2.05, 4.69) is 10.2 Å². The first kappa shape index (κ1) is 15.1. The summed E-state index contributed by atoms with van der Waals surface area (Å²) in [4.78, 5) is 23.7. The molecule has 0 saturated carbocycles. The van der Waals surface area contributed by atoms with Crippen molar-refractivity contribution in [2.75, 3.05) is 5.75 Å². The predicted octanol–water partition coefficient (Wildman–Crippen LogP) is 2.00. The van der Waals surface area contributed by atoms with Crippen molar-refractivity contribution in [1.82, 2.24) is 14.8 Å². The number of nitriles is 1. The third-order valence-electron chi connectivity index (χ3n) is 2.86. The summed E-state index contributed by atoms with van der Waals surface area (Å²) in [6.07, 6.45) is 0. The largest absolute Gasteiger partial charge is 0.344 e. The lowest BCUT2D eigenvalue weighted by Crippen LogP contribution is -2.19. The van der Waals surface area contributed by atoms with Crippen LogP contribution in [0.4, 0.5) is 0 Å². The van der Waals surface area contributed by atoms with E-state index in [4.69, 9.17) is 5.26 Å². The summed E-state index contributed by atoms with van der Waals surface area (Å²) in [6.45, 7) is 3.76. The minimum Gasteiger partial charge on any atom is -0.293 e. The lowest BCUT2D eigenvalue weighted by atomic mass is 10.1. The Bertz CT molecular complexity index is 738. The molecular weight excluding hydrogens is 288 g/mol. The lowest BCUT2D eigenvalue weighted by Gasteiger charge is -2.08. The molecule has 0 radical (unpaired) electrons. The van der Waals surface area contributed by atoms with Crippen molar-refractivity contribution in [3.63, 3.8) is 0 Å². The number of Topliss-reactive ketones (excluding diaryl/α,β-unsaturated/α-hetero) is 1. The normalized spacial score (nSPS) is 10.6. The van der Waals surface area contributed by atoms with Crippen LogP contribution in [0.15, 0.2) is 34.2 Å². The Morgan fingerprint density at radius 3 is 2.67 bits per heavy atom. The van der Waals surface area contributed by atoms with E-state index in [1.165, 1.54) is 16.3 Å². The standard InChI is InChI=1S/C14H14N4O2S/c1-9(2)18-13(20)16-17-14(18)21-8-12(19)11-5-3-10(7-15)4-6-11/h3-6,9H,8H2,1-2H3,(H,16,20). The van der Waals surface area contributed by atoms with Crippen LogP contribution in [0, 0.1) is 11.3 Å². The fourth-order valence-corrected chi connectivity index (χ4v) is 2.76. The topological polar surface area (TPSA) is 91.5 Å². The van der Waals surface area contributed by atoms with Crippen LogP contribution < -0.4 is 5.69 Å². The minimum atomic E-state index is -0.279. The Kier molecular flexibility index (Phi) is 4.60. The summed E-state index contributed by atoms with van der Waals surface area (Å²) in [5, 5.41) is 15.5. The van der Waals surface area contributed by atoms with E-state index in [1.54, 1.807) is 24.3 Å². The molecule has 1 heterocycles. The zero-order valence-electron chi connectivity index (χ0n) is 11.7. The van der Waals surface area contributed by atoms with Crippen molar-refractivity contribution >= 4 is 17.5 Å². The Morgan fingerprint density at radius 2 is 2.10 bits per heavy atom. The zero-order chi connectivity index (χ0) is 15.4. The van der Waals surface area contributed by atoms with Gasteiger partial charge in [-0.3, -0.25) is 9.36 Å². The third-order valence-corrected chi connectivity index (χ3v) is 3.81. The molecule has 2 rings (SSSR count). The first-order chi connectivity index (χ1) is 10.0. The number of carbonyl (C=O) groups is 1. The van der Waals surface area contributed by atoms with Gasteiger partial charge in [0.1, 0.15) is 0 Å². The number of H-pyrrole nitrogens is 1. The number of nitrogens with zero attached hydrogens (tertiary/aromatic N) is 3. The van der Waals surface area contributed by atoms with Gasteiger partial charge >= 0.3 is 5.69 Å². The van der Waals surface area contributed by atoms with Crippen molar-refractivity contribution < 1.29 is 4.79 Å².